The lowest BCUT2D eigenvalue weighted by Crippen LogP contribution is -2.55. The topological polar surface area (TPSA) is 60.2 Å². The van der Waals surface area contributed by atoms with Crippen molar-refractivity contribution >= 4 is 16.8 Å². The summed E-state index contributed by atoms with van der Waals surface area (Å²) in [6.07, 6.45) is 2.80. The molecule has 2 fully saturated rings. The first-order chi connectivity index (χ1) is 12.6. The van der Waals surface area contributed by atoms with Gasteiger partial charge in [0.15, 0.2) is 0 Å². The molecule has 2 aliphatic heterocycles. The number of hydrogen-bond donors (Lipinski definition) is 0. The lowest BCUT2D eigenvalue weighted by atomic mass is 9.82. The Morgan fingerprint density at radius 3 is 2.77 bits per heavy atom. The number of piperidine rings is 1. The summed E-state index contributed by atoms with van der Waals surface area (Å²) in [6, 6.07) is 10.1. The Morgan fingerprint density at radius 1 is 1.23 bits per heavy atom. The molecule has 1 aromatic heterocycles. The minimum absolute atomic E-state index is 0.158. The van der Waals surface area contributed by atoms with Gasteiger partial charge in [-0.25, -0.2) is 0 Å². The summed E-state index contributed by atoms with van der Waals surface area (Å²) in [5, 5.41) is 10.4. The molecule has 0 N–H and O–H groups in total. The molecule has 5 nitrogen and oxygen atoms in total. The second kappa shape index (κ2) is 6.69. The molecule has 1 amide bonds. The van der Waals surface area contributed by atoms with E-state index in [0.29, 0.717) is 23.3 Å². The Bertz CT molecular complexity index is 881. The van der Waals surface area contributed by atoms with Gasteiger partial charge in [-0.15, -0.1) is 0 Å². The van der Waals surface area contributed by atoms with E-state index in [4.69, 9.17) is 0 Å². The first kappa shape index (κ1) is 17.0. The summed E-state index contributed by atoms with van der Waals surface area (Å²) >= 11 is 0. The highest BCUT2D eigenvalue weighted by Gasteiger charge is 2.37. The number of fused-ring (bicyclic) bond motifs is 1. The van der Waals surface area contributed by atoms with Gasteiger partial charge in [-0.2, -0.15) is 5.26 Å². The SMILES string of the molecule is CC1CC(c2ccc(C#N)c3ncccc23)CN(C(=O)C2CN(C)C2)C1. The normalized spacial score (nSPS) is 24.3. The zero-order valence-electron chi connectivity index (χ0n) is 15.4. The molecule has 0 saturated carbocycles. The minimum Gasteiger partial charge on any atom is -0.341 e. The summed E-state index contributed by atoms with van der Waals surface area (Å²) in [7, 11) is 2.06. The van der Waals surface area contributed by atoms with Gasteiger partial charge in [-0.05, 0) is 37.1 Å². The van der Waals surface area contributed by atoms with Gasteiger partial charge in [-0.3, -0.25) is 9.78 Å². The first-order valence-electron chi connectivity index (χ1n) is 9.32. The fourth-order valence-corrected chi connectivity index (χ4v) is 4.51. The zero-order valence-corrected chi connectivity index (χ0v) is 15.4. The average molecular weight is 348 g/mol. The van der Waals surface area contributed by atoms with Crippen molar-refractivity contribution in [1.82, 2.24) is 14.8 Å². The van der Waals surface area contributed by atoms with Crippen LogP contribution in [0.1, 0.15) is 30.4 Å². The fraction of sp³-hybridized carbons (Fsp3) is 0.476. The van der Waals surface area contributed by atoms with Crippen LogP contribution >= 0.6 is 0 Å². The molecule has 0 bridgehead atoms. The highest BCUT2D eigenvalue weighted by Crippen LogP contribution is 2.35. The van der Waals surface area contributed by atoms with Crippen molar-refractivity contribution in [2.45, 2.75) is 19.3 Å². The number of hydrogen-bond acceptors (Lipinski definition) is 4. The first-order valence-corrected chi connectivity index (χ1v) is 9.32. The molecular formula is C21H24N4O. The molecular weight excluding hydrogens is 324 g/mol. The van der Waals surface area contributed by atoms with Crippen LogP contribution in [0.3, 0.4) is 0 Å². The van der Waals surface area contributed by atoms with Gasteiger partial charge < -0.3 is 9.80 Å². The van der Waals surface area contributed by atoms with Crippen molar-refractivity contribution in [3.05, 3.63) is 41.6 Å². The molecule has 3 heterocycles. The van der Waals surface area contributed by atoms with E-state index in [2.05, 4.69) is 40.9 Å². The molecule has 1 aromatic carbocycles. The Labute approximate surface area is 154 Å². The lowest BCUT2D eigenvalue weighted by molar-refractivity contribution is -0.142. The predicted octanol–water partition coefficient (Wildman–Crippen LogP) is 2.62. The van der Waals surface area contributed by atoms with Crippen molar-refractivity contribution in [2.24, 2.45) is 11.8 Å². The zero-order chi connectivity index (χ0) is 18.3. The molecule has 2 saturated heterocycles. The molecule has 134 valence electrons. The quantitative estimate of drug-likeness (QED) is 0.837. The molecule has 2 aliphatic rings. The minimum atomic E-state index is 0.158. The van der Waals surface area contributed by atoms with Crippen LogP contribution in [0.5, 0.6) is 0 Å². The number of rotatable bonds is 2. The predicted molar refractivity (Wildman–Crippen MR) is 101 cm³/mol. The summed E-state index contributed by atoms with van der Waals surface area (Å²) in [5.41, 5.74) is 2.59. The fourth-order valence-electron chi connectivity index (χ4n) is 4.51. The monoisotopic (exact) mass is 348 g/mol. The smallest absolute Gasteiger partial charge is 0.228 e. The lowest BCUT2D eigenvalue weighted by Gasteiger charge is -2.42. The van der Waals surface area contributed by atoms with Crippen molar-refractivity contribution in [2.75, 3.05) is 33.2 Å². The number of amides is 1. The van der Waals surface area contributed by atoms with Crippen LogP contribution in [0.2, 0.25) is 0 Å². The highest BCUT2D eigenvalue weighted by atomic mass is 16.2. The summed E-state index contributed by atoms with van der Waals surface area (Å²) < 4.78 is 0. The number of aromatic nitrogens is 1. The van der Waals surface area contributed by atoms with E-state index < -0.39 is 0 Å². The number of likely N-dealkylation sites (tertiary alicyclic amines) is 2. The molecule has 0 aliphatic carbocycles. The Hall–Kier alpha value is -2.45. The third-order valence-electron chi connectivity index (χ3n) is 5.75. The van der Waals surface area contributed by atoms with Gasteiger partial charge in [0.25, 0.3) is 0 Å². The summed E-state index contributed by atoms with van der Waals surface area (Å²) in [5.74, 6) is 1.22. The molecule has 26 heavy (non-hydrogen) atoms. The molecule has 0 spiro atoms. The van der Waals surface area contributed by atoms with E-state index in [1.807, 2.05) is 18.2 Å². The third-order valence-corrected chi connectivity index (χ3v) is 5.75. The summed E-state index contributed by atoms with van der Waals surface area (Å²) in [6.45, 7) is 5.58. The highest BCUT2D eigenvalue weighted by molar-refractivity contribution is 5.87. The Kier molecular flexibility index (Phi) is 4.37. The average Bonchev–Trinajstić information content (AvgIpc) is 2.63. The third kappa shape index (κ3) is 2.95. The maximum atomic E-state index is 12.9. The van der Waals surface area contributed by atoms with Crippen molar-refractivity contribution < 1.29 is 4.79 Å². The van der Waals surface area contributed by atoms with E-state index in [1.54, 1.807) is 6.20 Å². The van der Waals surface area contributed by atoms with Crippen LogP contribution in [-0.2, 0) is 4.79 Å². The van der Waals surface area contributed by atoms with Crippen LogP contribution in [0, 0.1) is 23.2 Å². The number of nitrogens with zero attached hydrogens (tertiary/aromatic N) is 4. The van der Waals surface area contributed by atoms with E-state index in [1.165, 1.54) is 5.56 Å². The van der Waals surface area contributed by atoms with Crippen LogP contribution in [0.15, 0.2) is 30.5 Å². The number of benzene rings is 1. The van der Waals surface area contributed by atoms with E-state index in [9.17, 15) is 10.1 Å². The second-order valence-corrected chi connectivity index (χ2v) is 7.91. The number of pyridine rings is 1. The Morgan fingerprint density at radius 2 is 2.04 bits per heavy atom. The maximum Gasteiger partial charge on any atom is 0.228 e. The van der Waals surface area contributed by atoms with Crippen molar-refractivity contribution in [3.8, 4) is 6.07 Å². The number of carbonyl (C=O) groups excluding carboxylic acids is 1. The number of carbonyl (C=O) groups is 1. The standard InChI is InChI=1S/C21H24N4O/c1-14-8-16(13-25(10-14)21(26)17-11-24(2)12-17)18-6-5-15(9-22)20-19(18)4-3-7-23-20/h3-7,14,16-17H,8,10-13H2,1-2H3. The van der Waals surface area contributed by atoms with Crippen molar-refractivity contribution in [3.63, 3.8) is 0 Å². The molecule has 2 atom stereocenters. The second-order valence-electron chi connectivity index (χ2n) is 7.91. The van der Waals surface area contributed by atoms with Crippen molar-refractivity contribution in [1.29, 1.82) is 5.26 Å². The van der Waals surface area contributed by atoms with E-state index >= 15 is 0 Å². The van der Waals surface area contributed by atoms with E-state index in [-0.39, 0.29) is 5.92 Å². The molecule has 2 unspecified atom stereocenters. The molecule has 4 rings (SSSR count). The maximum absolute atomic E-state index is 12.9. The summed E-state index contributed by atoms with van der Waals surface area (Å²) in [4.78, 5) is 21.5. The van der Waals surface area contributed by atoms with Crippen LogP contribution in [-0.4, -0.2) is 53.9 Å². The van der Waals surface area contributed by atoms with E-state index in [0.717, 1.165) is 43.5 Å². The Balaban J connectivity index is 1.64. The van der Waals surface area contributed by atoms with Gasteiger partial charge in [0.05, 0.1) is 17.0 Å². The van der Waals surface area contributed by atoms with Crippen LogP contribution in [0.4, 0.5) is 0 Å². The van der Waals surface area contributed by atoms with Gasteiger partial charge in [0.1, 0.15) is 6.07 Å². The van der Waals surface area contributed by atoms with Gasteiger partial charge in [0.2, 0.25) is 5.91 Å². The van der Waals surface area contributed by atoms with Crippen LogP contribution in [0.25, 0.3) is 10.9 Å². The molecule has 5 heteroatoms. The largest absolute Gasteiger partial charge is 0.341 e. The van der Waals surface area contributed by atoms with Crippen LogP contribution < -0.4 is 0 Å². The van der Waals surface area contributed by atoms with Gasteiger partial charge >= 0.3 is 0 Å². The van der Waals surface area contributed by atoms with Gasteiger partial charge in [0, 0.05) is 43.7 Å². The van der Waals surface area contributed by atoms with Gasteiger partial charge in [-0.1, -0.05) is 19.1 Å². The molecule has 2 aromatic rings. The molecule has 0 radical (unpaired) electrons. The number of nitriles is 1.